The lowest BCUT2D eigenvalue weighted by Gasteiger charge is -2.33. The minimum Gasteiger partial charge on any atom is -0.301 e. The van der Waals surface area contributed by atoms with Crippen LogP contribution in [0.3, 0.4) is 0 Å². The molecular weight excluding hydrogens is 220 g/mol. The summed E-state index contributed by atoms with van der Waals surface area (Å²) in [6.45, 7) is 11.5. The highest BCUT2D eigenvalue weighted by atomic mass is 15.2. The van der Waals surface area contributed by atoms with Crippen molar-refractivity contribution in [2.24, 2.45) is 0 Å². The van der Waals surface area contributed by atoms with E-state index >= 15 is 0 Å². The summed E-state index contributed by atoms with van der Waals surface area (Å²) in [6, 6.07) is 8.70. The Balaban J connectivity index is 1.76. The third kappa shape index (κ3) is 3.97. The summed E-state index contributed by atoms with van der Waals surface area (Å²) >= 11 is 0. The van der Waals surface area contributed by atoms with Crippen LogP contribution in [-0.4, -0.2) is 49.1 Å². The summed E-state index contributed by atoms with van der Waals surface area (Å²) in [5.74, 6) is 0. The van der Waals surface area contributed by atoms with E-state index in [0.717, 1.165) is 6.54 Å². The van der Waals surface area contributed by atoms with Gasteiger partial charge in [0.25, 0.3) is 0 Å². The zero-order valence-electron chi connectivity index (χ0n) is 11.6. The fourth-order valence-electron chi connectivity index (χ4n) is 2.30. The molecule has 1 fully saturated rings. The van der Waals surface area contributed by atoms with E-state index in [-0.39, 0.29) is 0 Å². The highest BCUT2D eigenvalue weighted by Gasteiger charge is 2.13. The van der Waals surface area contributed by atoms with E-state index < -0.39 is 0 Å². The number of hydrogen-bond donors (Lipinski definition) is 0. The largest absolute Gasteiger partial charge is 0.301 e. The van der Waals surface area contributed by atoms with Crippen molar-refractivity contribution in [3.8, 4) is 0 Å². The van der Waals surface area contributed by atoms with Gasteiger partial charge in [0.05, 0.1) is 0 Å². The minimum absolute atomic E-state index is 1.07. The summed E-state index contributed by atoms with van der Waals surface area (Å²) in [4.78, 5) is 5.04. The molecule has 0 aliphatic carbocycles. The maximum absolute atomic E-state index is 2.52. The molecule has 0 unspecified atom stereocenters. The number of rotatable bonds is 4. The Bertz CT molecular complexity index is 373. The summed E-state index contributed by atoms with van der Waals surface area (Å²) in [5, 5.41) is 0. The fraction of sp³-hybridized carbons (Fsp3) is 0.500. The molecule has 1 aliphatic heterocycles. The second kappa shape index (κ2) is 6.72. The molecule has 0 N–H and O–H groups in total. The van der Waals surface area contributed by atoms with E-state index in [1.54, 1.807) is 0 Å². The number of likely N-dealkylation sites (N-methyl/N-ethyl adjacent to an activating group) is 1. The van der Waals surface area contributed by atoms with E-state index in [1.807, 2.05) is 0 Å². The quantitative estimate of drug-likeness (QED) is 0.803. The van der Waals surface area contributed by atoms with Crippen LogP contribution >= 0.6 is 0 Å². The van der Waals surface area contributed by atoms with E-state index in [2.05, 4.69) is 60.1 Å². The fourth-order valence-corrected chi connectivity index (χ4v) is 2.30. The molecule has 1 aromatic rings. The third-order valence-electron chi connectivity index (χ3n) is 3.66. The number of benzene rings is 1. The topological polar surface area (TPSA) is 6.48 Å². The third-order valence-corrected chi connectivity index (χ3v) is 3.66. The van der Waals surface area contributed by atoms with Gasteiger partial charge in [-0.05, 0) is 19.0 Å². The molecule has 0 radical (unpaired) electrons. The van der Waals surface area contributed by atoms with Crippen LogP contribution < -0.4 is 0 Å². The minimum atomic E-state index is 1.07. The van der Waals surface area contributed by atoms with Gasteiger partial charge in [0, 0.05) is 32.7 Å². The normalized spacial score (nSPS) is 18.6. The van der Waals surface area contributed by atoms with Gasteiger partial charge in [-0.3, -0.25) is 4.90 Å². The first-order valence-electron chi connectivity index (χ1n) is 6.96. The number of piperazine rings is 1. The Labute approximate surface area is 111 Å². The van der Waals surface area contributed by atoms with Crippen molar-refractivity contribution in [2.45, 2.75) is 13.8 Å². The van der Waals surface area contributed by atoms with E-state index in [1.165, 1.54) is 43.9 Å². The average molecular weight is 244 g/mol. The second-order valence-electron chi connectivity index (χ2n) is 5.05. The molecule has 18 heavy (non-hydrogen) atoms. The van der Waals surface area contributed by atoms with Gasteiger partial charge in [0.15, 0.2) is 0 Å². The van der Waals surface area contributed by atoms with Crippen LogP contribution in [0, 0.1) is 6.92 Å². The zero-order chi connectivity index (χ0) is 12.8. The molecule has 2 rings (SSSR count). The van der Waals surface area contributed by atoms with Crippen molar-refractivity contribution < 1.29 is 0 Å². The van der Waals surface area contributed by atoms with Gasteiger partial charge < -0.3 is 4.90 Å². The van der Waals surface area contributed by atoms with Gasteiger partial charge in [-0.1, -0.05) is 48.9 Å². The number of nitrogens with zero attached hydrogens (tertiary/aromatic N) is 2. The molecule has 2 nitrogen and oxygen atoms in total. The lowest BCUT2D eigenvalue weighted by atomic mass is 10.1. The van der Waals surface area contributed by atoms with Crippen LogP contribution in [-0.2, 0) is 0 Å². The molecule has 0 atom stereocenters. The molecule has 0 spiro atoms. The van der Waals surface area contributed by atoms with Crippen molar-refractivity contribution in [3.05, 3.63) is 41.5 Å². The lowest BCUT2D eigenvalue weighted by molar-refractivity contribution is 0.148. The van der Waals surface area contributed by atoms with Crippen molar-refractivity contribution in [1.29, 1.82) is 0 Å². The summed E-state index contributed by atoms with van der Waals surface area (Å²) in [5.41, 5.74) is 2.62. The van der Waals surface area contributed by atoms with Crippen LogP contribution in [0.5, 0.6) is 0 Å². The summed E-state index contributed by atoms with van der Waals surface area (Å²) in [7, 11) is 0. The standard InChI is InChI=1S/C16H24N2/c1-3-17-11-13-18(14-12-17)10-4-5-16-8-6-15(2)7-9-16/h4-9H,3,10-14H2,1-2H3. The molecule has 1 heterocycles. The van der Waals surface area contributed by atoms with Crippen LogP contribution in [0.1, 0.15) is 18.1 Å². The van der Waals surface area contributed by atoms with Gasteiger partial charge in [-0.15, -0.1) is 0 Å². The van der Waals surface area contributed by atoms with E-state index in [9.17, 15) is 0 Å². The van der Waals surface area contributed by atoms with Crippen molar-refractivity contribution >= 4 is 6.08 Å². The van der Waals surface area contributed by atoms with Gasteiger partial charge in [0.1, 0.15) is 0 Å². The molecule has 1 aliphatic rings. The Morgan fingerprint density at radius 2 is 1.61 bits per heavy atom. The van der Waals surface area contributed by atoms with Gasteiger partial charge in [-0.2, -0.15) is 0 Å². The highest BCUT2D eigenvalue weighted by Crippen LogP contribution is 2.06. The number of aryl methyl sites for hydroxylation is 1. The molecule has 1 aromatic carbocycles. The molecule has 0 amide bonds. The average Bonchev–Trinajstić information content (AvgIpc) is 2.42. The number of hydrogen-bond acceptors (Lipinski definition) is 2. The Morgan fingerprint density at radius 3 is 2.22 bits per heavy atom. The predicted octanol–water partition coefficient (Wildman–Crippen LogP) is 2.65. The maximum Gasteiger partial charge on any atom is 0.0167 e. The Kier molecular flexibility index (Phi) is 4.97. The monoisotopic (exact) mass is 244 g/mol. The first-order chi connectivity index (χ1) is 8.78. The SMILES string of the molecule is CCN1CCN(CC=Cc2ccc(C)cc2)CC1. The molecule has 2 heteroatoms. The van der Waals surface area contributed by atoms with Gasteiger partial charge >= 0.3 is 0 Å². The molecular formula is C16H24N2. The summed E-state index contributed by atoms with van der Waals surface area (Å²) < 4.78 is 0. The van der Waals surface area contributed by atoms with Crippen molar-refractivity contribution in [1.82, 2.24) is 9.80 Å². The highest BCUT2D eigenvalue weighted by molar-refractivity contribution is 5.49. The lowest BCUT2D eigenvalue weighted by Crippen LogP contribution is -2.45. The maximum atomic E-state index is 2.52. The van der Waals surface area contributed by atoms with Crippen molar-refractivity contribution in [3.63, 3.8) is 0 Å². The van der Waals surface area contributed by atoms with Crippen molar-refractivity contribution in [2.75, 3.05) is 39.3 Å². The van der Waals surface area contributed by atoms with Gasteiger partial charge in [-0.25, -0.2) is 0 Å². The van der Waals surface area contributed by atoms with Crippen LogP contribution in [0.2, 0.25) is 0 Å². The zero-order valence-corrected chi connectivity index (χ0v) is 11.6. The van der Waals surface area contributed by atoms with Crippen LogP contribution in [0.15, 0.2) is 30.3 Å². The Morgan fingerprint density at radius 1 is 1.00 bits per heavy atom. The predicted molar refractivity (Wildman–Crippen MR) is 78.8 cm³/mol. The molecule has 1 saturated heterocycles. The molecule has 98 valence electrons. The van der Waals surface area contributed by atoms with E-state index in [4.69, 9.17) is 0 Å². The van der Waals surface area contributed by atoms with Crippen LogP contribution in [0.4, 0.5) is 0 Å². The first-order valence-corrected chi connectivity index (χ1v) is 6.96. The second-order valence-corrected chi connectivity index (χ2v) is 5.05. The molecule has 0 bridgehead atoms. The Hall–Kier alpha value is -1.12. The first kappa shape index (κ1) is 13.3. The molecule has 0 aromatic heterocycles. The summed E-state index contributed by atoms with van der Waals surface area (Å²) in [6.07, 6.45) is 4.51. The van der Waals surface area contributed by atoms with E-state index in [0.29, 0.717) is 0 Å². The van der Waals surface area contributed by atoms with Gasteiger partial charge in [0.2, 0.25) is 0 Å². The molecule has 0 saturated carbocycles. The smallest absolute Gasteiger partial charge is 0.0167 e. The van der Waals surface area contributed by atoms with Crippen LogP contribution in [0.25, 0.3) is 6.08 Å².